The Labute approximate surface area is 113 Å². The maximum Gasteiger partial charge on any atom is 0.185 e. The molecule has 0 aliphatic heterocycles. The zero-order chi connectivity index (χ0) is 14.0. The molecular weight excluding hydrogens is 240 g/mol. The Bertz CT molecular complexity index is 575. The molecule has 0 bridgehead atoms. The summed E-state index contributed by atoms with van der Waals surface area (Å²) in [6.45, 7) is 4.68. The van der Waals surface area contributed by atoms with E-state index in [0.29, 0.717) is 18.3 Å². The molecule has 0 atom stereocenters. The lowest BCUT2D eigenvalue weighted by Crippen LogP contribution is -2.05. The molecule has 102 valence electrons. The monoisotopic (exact) mass is 260 g/mol. The van der Waals surface area contributed by atoms with E-state index in [0.717, 1.165) is 17.1 Å². The van der Waals surface area contributed by atoms with Crippen molar-refractivity contribution < 1.29 is 4.74 Å². The minimum atomic E-state index is 0.371. The number of nitrogens with zero attached hydrogens (tertiary/aromatic N) is 3. The Morgan fingerprint density at radius 2 is 2.11 bits per heavy atom. The van der Waals surface area contributed by atoms with Gasteiger partial charge in [-0.25, -0.2) is 4.98 Å². The number of methoxy groups -OCH3 is 1. The van der Waals surface area contributed by atoms with E-state index in [-0.39, 0.29) is 0 Å². The summed E-state index contributed by atoms with van der Waals surface area (Å²) in [4.78, 5) is 4.43. The molecule has 0 saturated carbocycles. The predicted molar refractivity (Wildman–Crippen MR) is 75.0 cm³/mol. The molecule has 0 amide bonds. The first-order chi connectivity index (χ1) is 9.06. The molecule has 0 unspecified atom stereocenters. The average molecular weight is 260 g/mol. The highest BCUT2D eigenvalue weighted by Gasteiger charge is 2.14. The molecule has 0 aliphatic rings. The van der Waals surface area contributed by atoms with Crippen molar-refractivity contribution in [3.05, 3.63) is 29.6 Å². The first kappa shape index (κ1) is 13.5. The zero-order valence-corrected chi connectivity index (χ0v) is 11.8. The predicted octanol–water partition coefficient (Wildman–Crippen LogP) is 2.07. The van der Waals surface area contributed by atoms with Crippen LogP contribution in [0, 0.1) is 0 Å². The van der Waals surface area contributed by atoms with E-state index in [1.807, 2.05) is 19.2 Å². The van der Waals surface area contributed by atoms with Crippen molar-refractivity contribution in [1.29, 1.82) is 0 Å². The number of benzene rings is 1. The molecule has 0 aliphatic carbocycles. The fraction of sp³-hybridized carbons (Fsp3) is 0.429. The third-order valence-electron chi connectivity index (χ3n) is 3.17. The SMILES string of the molecule is COc1cc(C(C)C)ccc1-c1nc(CN)n(C)n1. The fourth-order valence-corrected chi connectivity index (χ4v) is 1.96. The summed E-state index contributed by atoms with van der Waals surface area (Å²) in [5.41, 5.74) is 7.74. The van der Waals surface area contributed by atoms with Crippen LogP contribution in [0.15, 0.2) is 18.2 Å². The van der Waals surface area contributed by atoms with Crippen LogP contribution in [-0.4, -0.2) is 21.9 Å². The van der Waals surface area contributed by atoms with Gasteiger partial charge in [-0.2, -0.15) is 5.10 Å². The molecule has 19 heavy (non-hydrogen) atoms. The molecule has 1 aromatic heterocycles. The van der Waals surface area contributed by atoms with Crippen LogP contribution in [0.1, 0.15) is 31.2 Å². The van der Waals surface area contributed by atoms with Gasteiger partial charge in [-0.05, 0) is 23.6 Å². The molecule has 2 N–H and O–H groups in total. The van der Waals surface area contributed by atoms with Gasteiger partial charge in [0.2, 0.25) is 0 Å². The van der Waals surface area contributed by atoms with Crippen molar-refractivity contribution in [1.82, 2.24) is 14.8 Å². The van der Waals surface area contributed by atoms with Crippen molar-refractivity contribution in [2.24, 2.45) is 12.8 Å². The van der Waals surface area contributed by atoms with Gasteiger partial charge in [-0.1, -0.05) is 19.9 Å². The summed E-state index contributed by atoms with van der Waals surface area (Å²) in [5, 5.41) is 4.38. The summed E-state index contributed by atoms with van der Waals surface area (Å²) < 4.78 is 7.15. The molecule has 1 heterocycles. The molecular formula is C14H20N4O. The number of nitrogens with two attached hydrogens (primary N) is 1. The van der Waals surface area contributed by atoms with E-state index in [1.54, 1.807) is 11.8 Å². The Morgan fingerprint density at radius 1 is 1.37 bits per heavy atom. The second kappa shape index (κ2) is 5.40. The maximum absolute atomic E-state index is 5.62. The molecule has 0 spiro atoms. The molecule has 0 radical (unpaired) electrons. The van der Waals surface area contributed by atoms with Gasteiger partial charge < -0.3 is 10.5 Å². The minimum absolute atomic E-state index is 0.371. The second-order valence-corrected chi connectivity index (χ2v) is 4.79. The van der Waals surface area contributed by atoms with Gasteiger partial charge in [-0.3, -0.25) is 4.68 Å². The smallest absolute Gasteiger partial charge is 0.185 e. The standard InChI is InChI=1S/C14H20N4O/c1-9(2)10-5-6-11(12(7-10)19-4)14-16-13(8-15)18(3)17-14/h5-7,9H,8,15H2,1-4H3. The van der Waals surface area contributed by atoms with Crippen LogP contribution in [0.5, 0.6) is 5.75 Å². The van der Waals surface area contributed by atoms with E-state index in [2.05, 4.69) is 30.0 Å². The molecule has 0 fully saturated rings. The third-order valence-corrected chi connectivity index (χ3v) is 3.17. The van der Waals surface area contributed by atoms with Gasteiger partial charge >= 0.3 is 0 Å². The Morgan fingerprint density at radius 3 is 2.63 bits per heavy atom. The largest absolute Gasteiger partial charge is 0.496 e. The van der Waals surface area contributed by atoms with E-state index in [1.165, 1.54) is 5.56 Å². The van der Waals surface area contributed by atoms with E-state index >= 15 is 0 Å². The average Bonchev–Trinajstić information content (AvgIpc) is 2.78. The van der Waals surface area contributed by atoms with Crippen molar-refractivity contribution in [2.45, 2.75) is 26.3 Å². The maximum atomic E-state index is 5.62. The van der Waals surface area contributed by atoms with E-state index in [4.69, 9.17) is 10.5 Å². The number of aromatic nitrogens is 3. The van der Waals surface area contributed by atoms with Gasteiger partial charge in [0.05, 0.1) is 19.2 Å². The second-order valence-electron chi connectivity index (χ2n) is 4.79. The quantitative estimate of drug-likeness (QED) is 0.914. The van der Waals surface area contributed by atoms with Crippen molar-refractivity contribution in [3.8, 4) is 17.1 Å². The first-order valence-corrected chi connectivity index (χ1v) is 6.35. The van der Waals surface area contributed by atoms with Crippen LogP contribution in [0.4, 0.5) is 0 Å². The van der Waals surface area contributed by atoms with Crippen LogP contribution >= 0.6 is 0 Å². The summed E-state index contributed by atoms with van der Waals surface area (Å²) >= 11 is 0. The van der Waals surface area contributed by atoms with Crippen molar-refractivity contribution >= 4 is 0 Å². The van der Waals surface area contributed by atoms with Crippen LogP contribution < -0.4 is 10.5 Å². The topological polar surface area (TPSA) is 66.0 Å². The fourth-order valence-electron chi connectivity index (χ4n) is 1.96. The summed E-state index contributed by atoms with van der Waals surface area (Å²) in [5.74, 6) is 2.65. The van der Waals surface area contributed by atoms with Crippen molar-refractivity contribution in [2.75, 3.05) is 7.11 Å². The van der Waals surface area contributed by atoms with Crippen LogP contribution in [0.25, 0.3) is 11.4 Å². The van der Waals surface area contributed by atoms with Gasteiger partial charge in [-0.15, -0.1) is 0 Å². The first-order valence-electron chi connectivity index (χ1n) is 6.35. The lowest BCUT2D eigenvalue weighted by Gasteiger charge is -2.10. The summed E-state index contributed by atoms with van der Waals surface area (Å²) in [7, 11) is 3.50. The molecule has 2 aromatic rings. The van der Waals surface area contributed by atoms with Crippen LogP contribution in [0.3, 0.4) is 0 Å². The van der Waals surface area contributed by atoms with Gasteiger partial charge in [0, 0.05) is 7.05 Å². The van der Waals surface area contributed by atoms with Crippen LogP contribution in [0.2, 0.25) is 0 Å². The lowest BCUT2D eigenvalue weighted by molar-refractivity contribution is 0.415. The third kappa shape index (κ3) is 2.61. The van der Waals surface area contributed by atoms with Gasteiger partial charge in [0.1, 0.15) is 11.6 Å². The normalized spacial score (nSPS) is 11.1. The van der Waals surface area contributed by atoms with Gasteiger partial charge in [0.15, 0.2) is 5.82 Å². The van der Waals surface area contributed by atoms with Crippen LogP contribution in [-0.2, 0) is 13.6 Å². The molecule has 1 aromatic carbocycles. The number of hydrogen-bond donors (Lipinski definition) is 1. The summed E-state index contributed by atoms with van der Waals surface area (Å²) in [6.07, 6.45) is 0. The van der Waals surface area contributed by atoms with Crippen molar-refractivity contribution in [3.63, 3.8) is 0 Å². The Kier molecular flexibility index (Phi) is 3.85. The Balaban J connectivity index is 2.48. The highest BCUT2D eigenvalue weighted by atomic mass is 16.5. The minimum Gasteiger partial charge on any atom is -0.496 e. The number of aryl methyl sites for hydroxylation is 1. The van der Waals surface area contributed by atoms with Gasteiger partial charge in [0.25, 0.3) is 0 Å². The summed E-state index contributed by atoms with van der Waals surface area (Å²) in [6, 6.07) is 6.13. The van der Waals surface area contributed by atoms with E-state index in [9.17, 15) is 0 Å². The number of hydrogen-bond acceptors (Lipinski definition) is 4. The molecule has 5 nitrogen and oxygen atoms in total. The Hall–Kier alpha value is -1.88. The number of ether oxygens (including phenoxy) is 1. The molecule has 5 heteroatoms. The highest BCUT2D eigenvalue weighted by molar-refractivity contribution is 5.65. The zero-order valence-electron chi connectivity index (χ0n) is 11.8. The lowest BCUT2D eigenvalue weighted by atomic mass is 10.0. The molecule has 0 saturated heterocycles. The highest BCUT2D eigenvalue weighted by Crippen LogP contribution is 2.31. The van der Waals surface area contributed by atoms with E-state index < -0.39 is 0 Å². The molecule has 2 rings (SSSR count). The number of rotatable bonds is 4.